The van der Waals surface area contributed by atoms with Crippen molar-refractivity contribution in [3.63, 3.8) is 0 Å². The summed E-state index contributed by atoms with van der Waals surface area (Å²) in [6.45, 7) is 6.81. The third-order valence-corrected chi connectivity index (χ3v) is 6.49. The Hall–Kier alpha value is -2.70. The number of amides is 2. The van der Waals surface area contributed by atoms with Gasteiger partial charge in [0.05, 0.1) is 6.20 Å². The lowest BCUT2D eigenvalue weighted by Crippen LogP contribution is -2.52. The van der Waals surface area contributed by atoms with Crippen LogP contribution in [-0.2, 0) is 16.1 Å². The van der Waals surface area contributed by atoms with Gasteiger partial charge in [-0.1, -0.05) is 0 Å². The van der Waals surface area contributed by atoms with E-state index in [2.05, 4.69) is 10.1 Å². The minimum absolute atomic E-state index is 0.128. The molecular formula is C22H29N5O2. The first kappa shape index (κ1) is 19.6. The van der Waals surface area contributed by atoms with Crippen LogP contribution in [0.1, 0.15) is 49.8 Å². The van der Waals surface area contributed by atoms with Crippen LogP contribution in [0.2, 0.25) is 0 Å². The van der Waals surface area contributed by atoms with Gasteiger partial charge in [0.15, 0.2) is 0 Å². The lowest BCUT2D eigenvalue weighted by Gasteiger charge is -2.47. The molecule has 154 valence electrons. The van der Waals surface area contributed by atoms with Crippen LogP contribution < -0.4 is 0 Å². The number of pyridine rings is 1. The number of aromatic nitrogens is 3. The number of nitrogens with zero attached hydrogens (tertiary/aromatic N) is 5. The smallest absolute Gasteiger partial charge is 0.247 e. The molecule has 0 N–H and O–H groups in total. The van der Waals surface area contributed by atoms with E-state index in [0.717, 1.165) is 50.0 Å². The monoisotopic (exact) mass is 395 g/mol. The molecule has 7 nitrogen and oxygen atoms in total. The van der Waals surface area contributed by atoms with E-state index in [1.165, 1.54) is 0 Å². The Balaban J connectivity index is 1.37. The molecule has 7 heteroatoms. The van der Waals surface area contributed by atoms with Crippen LogP contribution >= 0.6 is 0 Å². The molecular weight excluding hydrogens is 366 g/mol. The topological polar surface area (TPSA) is 71.3 Å². The van der Waals surface area contributed by atoms with Crippen molar-refractivity contribution < 1.29 is 9.59 Å². The highest BCUT2D eigenvalue weighted by atomic mass is 16.2. The maximum absolute atomic E-state index is 12.9. The Morgan fingerprint density at radius 2 is 1.93 bits per heavy atom. The molecule has 2 fully saturated rings. The molecule has 2 aliphatic heterocycles. The van der Waals surface area contributed by atoms with E-state index in [9.17, 15) is 9.59 Å². The number of carbonyl (C=O) groups excluding carboxylic acids is 2. The Bertz CT molecular complexity index is 870. The summed E-state index contributed by atoms with van der Waals surface area (Å²) >= 11 is 0. The molecule has 2 saturated heterocycles. The molecule has 2 aromatic rings. The quantitative estimate of drug-likeness (QED) is 0.798. The average molecular weight is 396 g/mol. The van der Waals surface area contributed by atoms with Crippen molar-refractivity contribution in [2.75, 3.05) is 19.6 Å². The van der Waals surface area contributed by atoms with Crippen LogP contribution in [-0.4, -0.2) is 56.0 Å². The van der Waals surface area contributed by atoms with E-state index in [0.29, 0.717) is 13.0 Å². The lowest BCUT2D eigenvalue weighted by molar-refractivity contribution is -0.144. The van der Waals surface area contributed by atoms with Crippen molar-refractivity contribution in [1.82, 2.24) is 24.6 Å². The maximum Gasteiger partial charge on any atom is 0.247 e. The SMILES string of the molecule is Cc1cnn([C@@H](C)C(=O)N2CCC3(CCC(=O)N(Cc4ccncc4)C3)CC2)c1. The molecule has 0 radical (unpaired) electrons. The molecule has 0 bridgehead atoms. The van der Waals surface area contributed by atoms with Gasteiger partial charge in [-0.15, -0.1) is 0 Å². The van der Waals surface area contributed by atoms with Crippen LogP contribution in [0.4, 0.5) is 0 Å². The molecule has 0 aliphatic carbocycles. The van der Waals surface area contributed by atoms with Crippen LogP contribution in [0.3, 0.4) is 0 Å². The van der Waals surface area contributed by atoms with Gasteiger partial charge in [0.25, 0.3) is 0 Å². The number of hydrogen-bond donors (Lipinski definition) is 0. The molecule has 0 saturated carbocycles. The second kappa shape index (κ2) is 7.97. The maximum atomic E-state index is 12.9. The molecule has 0 aromatic carbocycles. The second-order valence-corrected chi connectivity index (χ2v) is 8.60. The predicted octanol–water partition coefficient (Wildman–Crippen LogP) is 2.58. The fourth-order valence-corrected chi connectivity index (χ4v) is 4.59. The third-order valence-electron chi connectivity index (χ3n) is 6.49. The van der Waals surface area contributed by atoms with E-state index < -0.39 is 0 Å². The van der Waals surface area contributed by atoms with Gasteiger partial charge in [-0.2, -0.15) is 5.10 Å². The van der Waals surface area contributed by atoms with Crippen molar-refractivity contribution in [2.45, 2.75) is 52.1 Å². The zero-order chi connectivity index (χ0) is 20.4. The van der Waals surface area contributed by atoms with Gasteiger partial charge in [0.1, 0.15) is 6.04 Å². The van der Waals surface area contributed by atoms with Crippen LogP contribution in [0.5, 0.6) is 0 Å². The van der Waals surface area contributed by atoms with Crippen molar-refractivity contribution in [3.8, 4) is 0 Å². The standard InChI is InChI=1S/C22H29N5O2/c1-17-13-24-27(14-17)18(2)21(29)25-11-7-22(8-12-25)6-3-20(28)26(16-22)15-19-4-9-23-10-5-19/h4-5,9-10,13-14,18H,3,6-8,11-12,15-16H2,1-2H3/t18-/m0/s1. The molecule has 1 spiro atoms. The van der Waals surface area contributed by atoms with Crippen LogP contribution in [0, 0.1) is 12.3 Å². The summed E-state index contributed by atoms with van der Waals surface area (Å²) in [5, 5.41) is 4.29. The Morgan fingerprint density at radius 3 is 2.59 bits per heavy atom. The van der Waals surface area contributed by atoms with Crippen molar-refractivity contribution in [2.24, 2.45) is 5.41 Å². The van der Waals surface area contributed by atoms with E-state index in [1.807, 2.05) is 42.0 Å². The molecule has 1 atom stereocenters. The van der Waals surface area contributed by atoms with E-state index in [4.69, 9.17) is 0 Å². The molecule has 2 aromatic heterocycles. The molecule has 29 heavy (non-hydrogen) atoms. The van der Waals surface area contributed by atoms with Gasteiger partial charge in [0, 0.05) is 51.2 Å². The van der Waals surface area contributed by atoms with Crippen molar-refractivity contribution in [3.05, 3.63) is 48.0 Å². The average Bonchev–Trinajstić information content (AvgIpc) is 3.17. The van der Waals surface area contributed by atoms with Gasteiger partial charge >= 0.3 is 0 Å². The summed E-state index contributed by atoms with van der Waals surface area (Å²) in [7, 11) is 0. The first-order valence-corrected chi connectivity index (χ1v) is 10.4. The summed E-state index contributed by atoms with van der Waals surface area (Å²) in [5.74, 6) is 0.358. The highest BCUT2D eigenvalue weighted by Gasteiger charge is 2.42. The Kier molecular flexibility index (Phi) is 5.39. The van der Waals surface area contributed by atoms with Gasteiger partial charge < -0.3 is 9.80 Å². The minimum atomic E-state index is -0.283. The van der Waals surface area contributed by atoms with E-state index in [-0.39, 0.29) is 23.3 Å². The van der Waals surface area contributed by atoms with Gasteiger partial charge in [-0.25, -0.2) is 0 Å². The summed E-state index contributed by atoms with van der Waals surface area (Å²) in [6.07, 6.45) is 10.7. The molecule has 4 heterocycles. The molecule has 4 rings (SSSR count). The fourth-order valence-electron chi connectivity index (χ4n) is 4.59. The second-order valence-electron chi connectivity index (χ2n) is 8.60. The number of aryl methyl sites for hydroxylation is 1. The summed E-state index contributed by atoms with van der Waals surface area (Å²) in [4.78, 5) is 33.4. The highest BCUT2D eigenvalue weighted by molar-refractivity contribution is 5.80. The van der Waals surface area contributed by atoms with E-state index in [1.54, 1.807) is 23.3 Å². The first-order chi connectivity index (χ1) is 14.0. The Morgan fingerprint density at radius 1 is 1.21 bits per heavy atom. The Labute approximate surface area is 171 Å². The largest absolute Gasteiger partial charge is 0.341 e. The highest BCUT2D eigenvalue weighted by Crippen LogP contribution is 2.41. The van der Waals surface area contributed by atoms with E-state index >= 15 is 0 Å². The summed E-state index contributed by atoms with van der Waals surface area (Å²) < 4.78 is 1.75. The fraction of sp³-hybridized carbons (Fsp3) is 0.545. The molecule has 0 unspecified atom stereocenters. The van der Waals surface area contributed by atoms with Gasteiger partial charge in [-0.3, -0.25) is 19.3 Å². The number of rotatable bonds is 4. The number of carbonyl (C=O) groups is 2. The van der Waals surface area contributed by atoms with Gasteiger partial charge in [0.2, 0.25) is 11.8 Å². The van der Waals surface area contributed by atoms with Crippen molar-refractivity contribution in [1.29, 1.82) is 0 Å². The predicted molar refractivity (Wildman–Crippen MR) is 109 cm³/mol. The lowest BCUT2D eigenvalue weighted by atomic mass is 9.72. The molecule has 2 amide bonds. The minimum Gasteiger partial charge on any atom is -0.341 e. The summed E-state index contributed by atoms with van der Waals surface area (Å²) in [6, 6.07) is 3.65. The molecule has 2 aliphatic rings. The third kappa shape index (κ3) is 4.18. The van der Waals surface area contributed by atoms with Gasteiger partial charge in [-0.05, 0) is 61.8 Å². The number of piperidine rings is 2. The zero-order valence-corrected chi connectivity index (χ0v) is 17.3. The zero-order valence-electron chi connectivity index (χ0n) is 17.3. The van der Waals surface area contributed by atoms with Crippen molar-refractivity contribution >= 4 is 11.8 Å². The first-order valence-electron chi connectivity index (χ1n) is 10.4. The van der Waals surface area contributed by atoms with Crippen LogP contribution in [0.25, 0.3) is 0 Å². The number of likely N-dealkylation sites (tertiary alicyclic amines) is 2. The summed E-state index contributed by atoms with van der Waals surface area (Å²) in [5.41, 5.74) is 2.30. The number of hydrogen-bond acceptors (Lipinski definition) is 4. The normalized spacial score (nSPS) is 20.1. The van der Waals surface area contributed by atoms with Crippen LogP contribution in [0.15, 0.2) is 36.9 Å².